The smallest absolute Gasteiger partial charge is 0.238 e. The first-order valence-corrected chi connectivity index (χ1v) is 11.1. The monoisotopic (exact) mass is 406 g/mol. The summed E-state index contributed by atoms with van der Waals surface area (Å²) in [5, 5.41) is 12.6. The Hall–Kier alpha value is -2.19. The molecule has 0 unspecified atom stereocenters. The van der Waals surface area contributed by atoms with E-state index in [1.807, 2.05) is 25.5 Å². The van der Waals surface area contributed by atoms with E-state index >= 15 is 0 Å². The summed E-state index contributed by atoms with van der Waals surface area (Å²) in [6, 6.07) is 4.80. The Balaban J connectivity index is 2.09. The Kier molecular flexibility index (Phi) is 7.01. The molecule has 154 valence electrons. The highest BCUT2D eigenvalue weighted by Gasteiger charge is 2.16. The molecule has 0 atom stereocenters. The molecule has 28 heavy (non-hydrogen) atoms. The van der Waals surface area contributed by atoms with Gasteiger partial charge >= 0.3 is 0 Å². The summed E-state index contributed by atoms with van der Waals surface area (Å²) >= 11 is 0. The van der Waals surface area contributed by atoms with Crippen molar-refractivity contribution in [3.05, 3.63) is 40.7 Å². The molecule has 0 aliphatic rings. The third kappa shape index (κ3) is 5.42. The van der Waals surface area contributed by atoms with Crippen LogP contribution < -0.4 is 10.5 Å². The summed E-state index contributed by atoms with van der Waals surface area (Å²) in [6.45, 7) is 11.0. The second-order valence-electron chi connectivity index (χ2n) is 7.49. The van der Waals surface area contributed by atoms with Gasteiger partial charge in [0.05, 0.1) is 10.6 Å². The molecule has 0 saturated heterocycles. The minimum atomic E-state index is -3.84. The highest BCUT2D eigenvalue weighted by atomic mass is 32.2. The van der Waals surface area contributed by atoms with Crippen LogP contribution in [0, 0.1) is 19.8 Å². The minimum absolute atomic E-state index is 0.0504. The fraction of sp³-hybridized carbons (Fsp3) is 0.500. The standard InChI is InChI=1S/C20H30N4O3S/c1-6-16-7-8-17(11-19(16)28(21,26)27)22-20(25)10-9-18-14(4)23-24(15(18)5)12-13(2)3/h7-8,11,13H,6,9-10,12H2,1-5H3,(H,22,25)(H2,21,26,27). The van der Waals surface area contributed by atoms with Crippen molar-refractivity contribution in [1.29, 1.82) is 0 Å². The maximum atomic E-state index is 12.4. The van der Waals surface area contributed by atoms with Crippen LogP contribution in [-0.4, -0.2) is 24.1 Å². The number of anilines is 1. The van der Waals surface area contributed by atoms with Crippen LogP contribution in [0.5, 0.6) is 0 Å². The molecule has 0 aliphatic heterocycles. The normalized spacial score (nSPS) is 11.8. The molecule has 0 radical (unpaired) electrons. The van der Waals surface area contributed by atoms with Crippen LogP contribution in [0.3, 0.4) is 0 Å². The van der Waals surface area contributed by atoms with Gasteiger partial charge in [0.1, 0.15) is 0 Å². The van der Waals surface area contributed by atoms with Gasteiger partial charge in [0, 0.05) is 24.3 Å². The van der Waals surface area contributed by atoms with Crippen LogP contribution in [0.4, 0.5) is 5.69 Å². The number of sulfonamides is 1. The molecule has 3 N–H and O–H groups in total. The number of rotatable bonds is 8. The number of carbonyl (C=O) groups is 1. The average Bonchev–Trinajstić information content (AvgIpc) is 2.85. The summed E-state index contributed by atoms with van der Waals surface area (Å²) in [5.41, 5.74) is 4.17. The van der Waals surface area contributed by atoms with E-state index in [1.54, 1.807) is 12.1 Å². The Morgan fingerprint density at radius 3 is 2.54 bits per heavy atom. The summed E-state index contributed by atoms with van der Waals surface area (Å²) in [6.07, 6.45) is 1.41. The van der Waals surface area contributed by atoms with Crippen molar-refractivity contribution < 1.29 is 13.2 Å². The van der Waals surface area contributed by atoms with Crippen molar-refractivity contribution in [3.63, 3.8) is 0 Å². The zero-order chi connectivity index (χ0) is 21.1. The minimum Gasteiger partial charge on any atom is -0.326 e. The second kappa shape index (κ2) is 8.87. The van der Waals surface area contributed by atoms with Crippen LogP contribution in [-0.2, 0) is 34.2 Å². The maximum Gasteiger partial charge on any atom is 0.238 e. The van der Waals surface area contributed by atoms with Gasteiger partial charge in [0.15, 0.2) is 0 Å². The zero-order valence-corrected chi connectivity index (χ0v) is 18.1. The van der Waals surface area contributed by atoms with Gasteiger partial charge in [-0.15, -0.1) is 0 Å². The van der Waals surface area contributed by atoms with E-state index in [-0.39, 0.29) is 17.2 Å². The number of carbonyl (C=O) groups excluding carboxylic acids is 1. The number of benzene rings is 1. The van der Waals surface area contributed by atoms with Crippen molar-refractivity contribution in [2.45, 2.75) is 65.3 Å². The lowest BCUT2D eigenvalue weighted by Crippen LogP contribution is -2.17. The van der Waals surface area contributed by atoms with Gasteiger partial charge in [-0.3, -0.25) is 9.48 Å². The number of primary sulfonamides is 1. The second-order valence-corrected chi connectivity index (χ2v) is 9.02. The Morgan fingerprint density at radius 1 is 1.29 bits per heavy atom. The molecule has 1 aromatic heterocycles. The Morgan fingerprint density at radius 2 is 1.96 bits per heavy atom. The number of aromatic nitrogens is 2. The lowest BCUT2D eigenvalue weighted by Gasteiger charge is -2.11. The molecular weight excluding hydrogens is 376 g/mol. The molecule has 2 rings (SSSR count). The van der Waals surface area contributed by atoms with Gasteiger partial charge in [0.25, 0.3) is 0 Å². The highest BCUT2D eigenvalue weighted by molar-refractivity contribution is 7.89. The van der Waals surface area contributed by atoms with Gasteiger partial charge in [0.2, 0.25) is 15.9 Å². The first kappa shape index (κ1) is 22.1. The summed E-state index contributed by atoms with van der Waals surface area (Å²) in [7, 11) is -3.84. The van der Waals surface area contributed by atoms with Crippen molar-refractivity contribution >= 4 is 21.6 Å². The fourth-order valence-corrected chi connectivity index (χ4v) is 4.14. The maximum absolute atomic E-state index is 12.4. The predicted molar refractivity (Wildman–Crippen MR) is 111 cm³/mol. The van der Waals surface area contributed by atoms with Gasteiger partial charge in [-0.2, -0.15) is 5.10 Å². The highest BCUT2D eigenvalue weighted by Crippen LogP contribution is 2.21. The Bertz CT molecular complexity index is 962. The molecule has 2 aromatic rings. The average molecular weight is 407 g/mol. The van der Waals surface area contributed by atoms with Crippen LogP contribution in [0.25, 0.3) is 0 Å². The van der Waals surface area contributed by atoms with Gasteiger partial charge in [-0.25, -0.2) is 13.6 Å². The Labute approximate surface area is 167 Å². The van der Waals surface area contributed by atoms with Crippen LogP contribution in [0.2, 0.25) is 0 Å². The molecule has 8 heteroatoms. The van der Waals surface area contributed by atoms with E-state index in [2.05, 4.69) is 24.3 Å². The number of hydrogen-bond donors (Lipinski definition) is 2. The topological polar surface area (TPSA) is 107 Å². The predicted octanol–water partition coefficient (Wildman–Crippen LogP) is 2.94. The van der Waals surface area contributed by atoms with Crippen LogP contribution >= 0.6 is 0 Å². The molecule has 1 amide bonds. The van der Waals surface area contributed by atoms with Crippen molar-refractivity contribution in [2.24, 2.45) is 11.1 Å². The molecule has 0 saturated carbocycles. The first-order chi connectivity index (χ1) is 13.0. The molecule has 1 heterocycles. The molecule has 0 bridgehead atoms. The summed E-state index contributed by atoms with van der Waals surface area (Å²) in [4.78, 5) is 12.4. The van der Waals surface area contributed by atoms with E-state index in [1.165, 1.54) is 6.07 Å². The molecule has 0 aliphatic carbocycles. The summed E-state index contributed by atoms with van der Waals surface area (Å²) < 4.78 is 25.5. The zero-order valence-electron chi connectivity index (χ0n) is 17.2. The molecule has 1 aromatic carbocycles. The quantitative estimate of drug-likeness (QED) is 0.703. The number of aryl methyl sites for hydroxylation is 2. The van der Waals surface area contributed by atoms with Crippen molar-refractivity contribution in [2.75, 3.05) is 5.32 Å². The van der Waals surface area contributed by atoms with Crippen LogP contribution in [0.1, 0.15) is 49.7 Å². The van der Waals surface area contributed by atoms with Gasteiger partial charge in [-0.1, -0.05) is 26.8 Å². The van der Waals surface area contributed by atoms with Crippen molar-refractivity contribution in [3.8, 4) is 0 Å². The number of amides is 1. The van der Waals surface area contributed by atoms with Crippen LogP contribution in [0.15, 0.2) is 23.1 Å². The van der Waals surface area contributed by atoms with E-state index in [4.69, 9.17) is 5.14 Å². The number of nitrogens with zero attached hydrogens (tertiary/aromatic N) is 2. The van der Waals surface area contributed by atoms with E-state index in [0.29, 0.717) is 30.0 Å². The number of hydrogen-bond acceptors (Lipinski definition) is 4. The molecule has 0 fully saturated rings. The third-order valence-corrected chi connectivity index (χ3v) is 5.70. The van der Waals surface area contributed by atoms with Gasteiger partial charge < -0.3 is 5.32 Å². The number of nitrogens with one attached hydrogen (secondary N) is 1. The molecule has 0 spiro atoms. The molecule has 7 nitrogen and oxygen atoms in total. The molecular formula is C20H30N4O3S. The third-order valence-electron chi connectivity index (χ3n) is 4.71. The SMILES string of the molecule is CCc1ccc(NC(=O)CCc2c(C)nn(CC(C)C)c2C)cc1S(N)(=O)=O. The van der Waals surface area contributed by atoms with Crippen molar-refractivity contribution in [1.82, 2.24) is 9.78 Å². The van der Waals surface area contributed by atoms with E-state index in [0.717, 1.165) is 23.5 Å². The summed E-state index contributed by atoms with van der Waals surface area (Å²) in [5.74, 6) is 0.313. The van der Waals surface area contributed by atoms with E-state index < -0.39 is 10.0 Å². The van der Waals surface area contributed by atoms with Gasteiger partial charge in [-0.05, 0) is 55.9 Å². The largest absolute Gasteiger partial charge is 0.326 e. The lowest BCUT2D eigenvalue weighted by molar-refractivity contribution is -0.116. The fourth-order valence-electron chi connectivity index (χ4n) is 3.27. The van der Waals surface area contributed by atoms with E-state index in [9.17, 15) is 13.2 Å². The lowest BCUT2D eigenvalue weighted by atomic mass is 10.1. The first-order valence-electron chi connectivity index (χ1n) is 9.51. The number of nitrogens with two attached hydrogens (primary N) is 1.